The third-order valence-electron chi connectivity index (χ3n) is 6.32. The van der Waals surface area contributed by atoms with Gasteiger partial charge in [-0.3, -0.25) is 4.99 Å². The molecule has 2 aliphatic rings. The van der Waals surface area contributed by atoms with Gasteiger partial charge >= 0.3 is 0 Å². The molecule has 3 rings (SSSR count). The minimum atomic E-state index is 0. The van der Waals surface area contributed by atoms with E-state index in [2.05, 4.69) is 64.7 Å². The number of nitrogens with zero attached hydrogens (tertiary/aromatic N) is 2. The van der Waals surface area contributed by atoms with E-state index in [1.165, 1.54) is 31.2 Å². The first-order valence-electron chi connectivity index (χ1n) is 11.1. The molecule has 0 radical (unpaired) electrons. The van der Waals surface area contributed by atoms with Gasteiger partial charge in [0.25, 0.3) is 0 Å². The summed E-state index contributed by atoms with van der Waals surface area (Å²) in [6.45, 7) is 8.14. The van der Waals surface area contributed by atoms with Crippen LogP contribution in [0.5, 0.6) is 0 Å². The van der Waals surface area contributed by atoms with Crippen molar-refractivity contribution in [1.29, 1.82) is 0 Å². The molecule has 1 heterocycles. The molecule has 29 heavy (non-hydrogen) atoms. The van der Waals surface area contributed by atoms with E-state index in [1.54, 1.807) is 0 Å². The van der Waals surface area contributed by atoms with E-state index in [9.17, 15) is 0 Å². The molecular weight excluding hydrogens is 475 g/mol. The van der Waals surface area contributed by atoms with Gasteiger partial charge < -0.3 is 20.3 Å². The largest absolute Gasteiger partial charge is 0.378 e. The third kappa shape index (κ3) is 6.82. The summed E-state index contributed by atoms with van der Waals surface area (Å²) in [5, 5.41) is 7.66. The van der Waals surface area contributed by atoms with Gasteiger partial charge in [0.15, 0.2) is 5.96 Å². The number of hydrogen-bond acceptors (Lipinski definition) is 3. The lowest BCUT2D eigenvalue weighted by Crippen LogP contribution is -2.55. The number of halogens is 1. The molecule has 0 spiro atoms. The highest BCUT2D eigenvalue weighted by Crippen LogP contribution is 2.32. The Bertz CT molecular complexity index is 611. The smallest absolute Gasteiger partial charge is 0.193 e. The van der Waals surface area contributed by atoms with Crippen molar-refractivity contribution in [3.8, 4) is 0 Å². The Morgan fingerprint density at radius 2 is 1.86 bits per heavy atom. The number of piperidine rings is 1. The zero-order valence-electron chi connectivity index (χ0n) is 18.3. The van der Waals surface area contributed by atoms with Gasteiger partial charge in [-0.1, -0.05) is 43.2 Å². The van der Waals surface area contributed by atoms with Gasteiger partial charge in [-0.2, -0.15) is 0 Å². The first kappa shape index (κ1) is 24.4. The normalized spacial score (nSPS) is 20.9. The van der Waals surface area contributed by atoms with Gasteiger partial charge in [0.1, 0.15) is 0 Å². The molecule has 1 aromatic carbocycles. The van der Waals surface area contributed by atoms with Gasteiger partial charge in [0.05, 0.1) is 6.10 Å². The van der Waals surface area contributed by atoms with Crippen LogP contribution in [0.3, 0.4) is 0 Å². The molecular formula is C23H39IN4O. The van der Waals surface area contributed by atoms with Crippen LogP contribution in [-0.2, 0) is 4.74 Å². The molecule has 2 N–H and O–H groups in total. The fraction of sp³-hybridized carbons (Fsp3) is 0.696. The standard InChI is InChI=1S/C23H38N4O.HI/c1-4-28-21-12-16-27(17-13-21)22(24-3)25-18-23(14-8-9-15-23)26-19(2)20-10-6-5-7-11-20;/h5-7,10-11,19,21,26H,4,8-9,12-18H2,1-3H3,(H,24,25);1H. The fourth-order valence-electron chi connectivity index (χ4n) is 4.76. The van der Waals surface area contributed by atoms with Gasteiger partial charge in [-0.25, -0.2) is 0 Å². The lowest BCUT2D eigenvalue weighted by Gasteiger charge is -2.38. The number of rotatable bonds is 7. The average molecular weight is 514 g/mol. The molecule has 164 valence electrons. The summed E-state index contributed by atoms with van der Waals surface area (Å²) >= 11 is 0. The summed E-state index contributed by atoms with van der Waals surface area (Å²) in [5.41, 5.74) is 1.51. The van der Waals surface area contributed by atoms with Crippen LogP contribution in [0.25, 0.3) is 0 Å². The summed E-state index contributed by atoms with van der Waals surface area (Å²) in [4.78, 5) is 6.96. The Balaban J connectivity index is 0.00000300. The highest BCUT2D eigenvalue weighted by molar-refractivity contribution is 14.0. The predicted molar refractivity (Wildman–Crippen MR) is 132 cm³/mol. The van der Waals surface area contributed by atoms with Crippen molar-refractivity contribution >= 4 is 29.9 Å². The highest BCUT2D eigenvalue weighted by atomic mass is 127. The van der Waals surface area contributed by atoms with Gasteiger partial charge in [-0.05, 0) is 45.1 Å². The molecule has 6 heteroatoms. The quantitative estimate of drug-likeness (QED) is 0.323. The van der Waals surface area contributed by atoms with Gasteiger partial charge in [0.2, 0.25) is 0 Å². The van der Waals surface area contributed by atoms with Crippen LogP contribution in [0.4, 0.5) is 0 Å². The second-order valence-electron chi connectivity index (χ2n) is 8.31. The number of nitrogens with one attached hydrogen (secondary N) is 2. The van der Waals surface area contributed by atoms with Crippen molar-refractivity contribution in [2.75, 3.05) is 33.3 Å². The van der Waals surface area contributed by atoms with E-state index in [0.29, 0.717) is 12.1 Å². The summed E-state index contributed by atoms with van der Waals surface area (Å²) in [6, 6.07) is 11.1. The number of ether oxygens (including phenoxy) is 1. The van der Waals surface area contributed by atoms with Crippen LogP contribution < -0.4 is 10.6 Å². The van der Waals surface area contributed by atoms with E-state index < -0.39 is 0 Å². The molecule has 1 aliphatic heterocycles. The van der Waals surface area contributed by atoms with Crippen molar-refractivity contribution in [3.05, 3.63) is 35.9 Å². The number of likely N-dealkylation sites (tertiary alicyclic amines) is 1. The Morgan fingerprint density at radius 1 is 1.21 bits per heavy atom. The molecule has 1 unspecified atom stereocenters. The number of hydrogen-bond donors (Lipinski definition) is 2. The average Bonchev–Trinajstić information content (AvgIpc) is 3.19. The SMILES string of the molecule is CCOC1CCN(C(=NC)NCC2(NC(C)c3ccccc3)CCCC2)CC1.I. The van der Waals surface area contributed by atoms with E-state index >= 15 is 0 Å². The molecule has 0 aromatic heterocycles. The monoisotopic (exact) mass is 514 g/mol. The van der Waals surface area contributed by atoms with Gasteiger partial charge in [-0.15, -0.1) is 24.0 Å². The topological polar surface area (TPSA) is 48.9 Å². The molecule has 1 saturated carbocycles. The van der Waals surface area contributed by atoms with Crippen molar-refractivity contribution in [1.82, 2.24) is 15.5 Å². The van der Waals surface area contributed by atoms with Crippen molar-refractivity contribution < 1.29 is 4.74 Å². The molecule has 1 aromatic rings. The summed E-state index contributed by atoms with van der Waals surface area (Å²) in [6.07, 6.45) is 7.63. The van der Waals surface area contributed by atoms with Crippen LogP contribution in [0.1, 0.15) is 64.0 Å². The first-order valence-corrected chi connectivity index (χ1v) is 11.1. The number of guanidine groups is 1. The van der Waals surface area contributed by atoms with E-state index in [4.69, 9.17) is 4.74 Å². The number of benzene rings is 1. The van der Waals surface area contributed by atoms with Crippen molar-refractivity contribution in [2.24, 2.45) is 4.99 Å². The lowest BCUT2D eigenvalue weighted by molar-refractivity contribution is 0.0263. The van der Waals surface area contributed by atoms with E-state index in [1.807, 2.05) is 7.05 Å². The molecule has 1 atom stereocenters. The van der Waals surface area contributed by atoms with E-state index in [0.717, 1.165) is 45.0 Å². The third-order valence-corrected chi connectivity index (χ3v) is 6.32. The van der Waals surface area contributed by atoms with E-state index in [-0.39, 0.29) is 29.5 Å². The fourth-order valence-corrected chi connectivity index (χ4v) is 4.76. The maximum atomic E-state index is 5.79. The van der Waals surface area contributed by atoms with Crippen LogP contribution in [-0.4, -0.2) is 55.8 Å². The Labute approximate surface area is 194 Å². The highest BCUT2D eigenvalue weighted by Gasteiger charge is 2.35. The Hall–Kier alpha value is -0.860. The minimum Gasteiger partial charge on any atom is -0.378 e. The summed E-state index contributed by atoms with van der Waals surface area (Å²) in [7, 11) is 1.90. The van der Waals surface area contributed by atoms with Crippen molar-refractivity contribution in [3.63, 3.8) is 0 Å². The molecule has 0 bridgehead atoms. The molecule has 1 saturated heterocycles. The van der Waals surface area contributed by atoms with Crippen molar-refractivity contribution in [2.45, 2.75) is 70.1 Å². The Kier molecular flexibility index (Phi) is 10.2. The number of aliphatic imine (C=N–C) groups is 1. The van der Waals surface area contributed by atoms with Crippen LogP contribution in [0.15, 0.2) is 35.3 Å². The lowest BCUT2D eigenvalue weighted by atomic mass is 9.94. The summed E-state index contributed by atoms with van der Waals surface area (Å²) < 4.78 is 5.79. The molecule has 5 nitrogen and oxygen atoms in total. The minimum absolute atomic E-state index is 0. The second kappa shape index (κ2) is 12.1. The zero-order chi connectivity index (χ0) is 19.8. The van der Waals surface area contributed by atoms with Crippen LogP contribution >= 0.6 is 24.0 Å². The molecule has 0 amide bonds. The maximum Gasteiger partial charge on any atom is 0.193 e. The second-order valence-corrected chi connectivity index (χ2v) is 8.31. The Morgan fingerprint density at radius 3 is 2.45 bits per heavy atom. The molecule has 2 fully saturated rings. The first-order chi connectivity index (χ1) is 13.7. The van der Waals surface area contributed by atoms with Gasteiger partial charge in [0, 0.05) is 44.9 Å². The predicted octanol–water partition coefficient (Wildman–Crippen LogP) is 4.34. The molecule has 1 aliphatic carbocycles. The van der Waals surface area contributed by atoms with Crippen LogP contribution in [0.2, 0.25) is 0 Å². The van der Waals surface area contributed by atoms with Crippen LogP contribution in [0, 0.1) is 0 Å². The maximum absolute atomic E-state index is 5.79. The summed E-state index contributed by atoms with van der Waals surface area (Å²) in [5.74, 6) is 1.04. The zero-order valence-corrected chi connectivity index (χ0v) is 20.7.